The molecule has 2 rings (SSSR count). The summed E-state index contributed by atoms with van der Waals surface area (Å²) in [6, 6.07) is 6.02. The first kappa shape index (κ1) is 15.3. The lowest BCUT2D eigenvalue weighted by Crippen LogP contribution is -2.18. The summed E-state index contributed by atoms with van der Waals surface area (Å²) in [7, 11) is 1.69. The molecule has 0 atom stereocenters. The van der Waals surface area contributed by atoms with Crippen molar-refractivity contribution in [2.24, 2.45) is 0 Å². The predicted molar refractivity (Wildman–Crippen MR) is 81.2 cm³/mol. The molecule has 1 aromatic heterocycles. The molecule has 2 aromatic rings. The second-order valence-electron chi connectivity index (χ2n) is 4.07. The maximum absolute atomic E-state index is 6.29. The molecule has 6 heteroatoms. The van der Waals surface area contributed by atoms with Gasteiger partial charge in [0.15, 0.2) is 0 Å². The van der Waals surface area contributed by atoms with Crippen LogP contribution in [0, 0.1) is 0 Å². The van der Waals surface area contributed by atoms with Crippen molar-refractivity contribution in [2.75, 3.05) is 20.3 Å². The van der Waals surface area contributed by atoms with Crippen LogP contribution in [-0.2, 0) is 11.3 Å². The average molecular weight is 310 g/mol. The molecule has 1 aromatic carbocycles. The summed E-state index contributed by atoms with van der Waals surface area (Å²) < 4.78 is 4.98. The molecule has 0 spiro atoms. The van der Waals surface area contributed by atoms with Gasteiger partial charge >= 0.3 is 0 Å². The number of benzene rings is 1. The highest BCUT2D eigenvalue weighted by molar-refractivity contribution is 7.99. The van der Waals surface area contributed by atoms with E-state index in [2.05, 4.69) is 15.3 Å². The number of halogens is 1. The molecule has 0 aliphatic heterocycles. The summed E-state index contributed by atoms with van der Waals surface area (Å²) in [6.45, 7) is 2.24. The van der Waals surface area contributed by atoms with Gasteiger partial charge in [-0.3, -0.25) is 4.98 Å². The van der Waals surface area contributed by atoms with Crippen molar-refractivity contribution in [3.05, 3.63) is 47.4 Å². The minimum Gasteiger partial charge on any atom is -0.383 e. The molecule has 0 radical (unpaired) electrons. The van der Waals surface area contributed by atoms with Crippen LogP contribution in [0.4, 0.5) is 0 Å². The molecule has 0 aliphatic carbocycles. The van der Waals surface area contributed by atoms with E-state index in [4.69, 9.17) is 16.3 Å². The SMILES string of the molecule is COCCNCc1ccc(Sc2cnccn2)cc1Cl. The Hall–Kier alpha value is -1.14. The summed E-state index contributed by atoms with van der Waals surface area (Å²) in [5, 5.41) is 4.88. The van der Waals surface area contributed by atoms with Crippen LogP contribution in [0.25, 0.3) is 0 Å². The van der Waals surface area contributed by atoms with Gasteiger partial charge in [-0.2, -0.15) is 0 Å². The van der Waals surface area contributed by atoms with Crippen molar-refractivity contribution in [3.8, 4) is 0 Å². The molecule has 1 N–H and O–H groups in total. The van der Waals surface area contributed by atoms with E-state index in [0.717, 1.165) is 33.6 Å². The number of ether oxygens (including phenoxy) is 1. The van der Waals surface area contributed by atoms with Gasteiger partial charge in [-0.25, -0.2) is 4.98 Å². The van der Waals surface area contributed by atoms with E-state index >= 15 is 0 Å². The molecule has 0 aliphatic rings. The minimum atomic E-state index is 0.693. The van der Waals surface area contributed by atoms with Crippen LogP contribution in [0.2, 0.25) is 5.02 Å². The first-order chi connectivity index (χ1) is 9.79. The Bertz CT molecular complexity index is 539. The normalized spacial score (nSPS) is 10.7. The Morgan fingerprint density at radius 3 is 2.95 bits per heavy atom. The highest BCUT2D eigenvalue weighted by Crippen LogP contribution is 2.29. The molecule has 0 saturated heterocycles. The van der Waals surface area contributed by atoms with E-state index in [1.165, 1.54) is 0 Å². The zero-order valence-electron chi connectivity index (χ0n) is 11.2. The largest absolute Gasteiger partial charge is 0.383 e. The number of rotatable bonds is 7. The summed E-state index contributed by atoms with van der Waals surface area (Å²) in [5.41, 5.74) is 1.08. The number of hydrogen-bond donors (Lipinski definition) is 1. The van der Waals surface area contributed by atoms with Gasteiger partial charge in [0.2, 0.25) is 0 Å². The predicted octanol–water partition coefficient (Wildman–Crippen LogP) is 3.02. The van der Waals surface area contributed by atoms with E-state index in [1.807, 2.05) is 18.2 Å². The highest BCUT2D eigenvalue weighted by Gasteiger charge is 2.04. The van der Waals surface area contributed by atoms with Gasteiger partial charge < -0.3 is 10.1 Å². The lowest BCUT2D eigenvalue weighted by molar-refractivity contribution is 0.199. The molecule has 4 nitrogen and oxygen atoms in total. The summed E-state index contributed by atoms with van der Waals surface area (Å²) in [4.78, 5) is 9.32. The first-order valence-corrected chi connectivity index (χ1v) is 7.41. The van der Waals surface area contributed by atoms with Crippen LogP contribution in [0.3, 0.4) is 0 Å². The molecule has 0 unspecified atom stereocenters. The van der Waals surface area contributed by atoms with Crippen LogP contribution in [0.15, 0.2) is 46.7 Å². The van der Waals surface area contributed by atoms with Crippen molar-refractivity contribution in [1.29, 1.82) is 0 Å². The van der Waals surface area contributed by atoms with E-state index in [1.54, 1.807) is 37.5 Å². The average Bonchev–Trinajstić information content (AvgIpc) is 2.46. The second-order valence-corrected chi connectivity index (χ2v) is 5.57. The van der Waals surface area contributed by atoms with Crippen molar-refractivity contribution >= 4 is 23.4 Å². The smallest absolute Gasteiger partial charge is 0.119 e. The van der Waals surface area contributed by atoms with Gasteiger partial charge in [0, 0.05) is 42.5 Å². The number of nitrogens with one attached hydrogen (secondary N) is 1. The maximum atomic E-state index is 6.29. The van der Waals surface area contributed by atoms with Gasteiger partial charge in [0.1, 0.15) is 5.03 Å². The molecule has 0 amide bonds. The fourth-order valence-corrected chi connectivity index (χ4v) is 2.68. The topological polar surface area (TPSA) is 47.0 Å². The number of hydrogen-bond acceptors (Lipinski definition) is 5. The molecule has 1 heterocycles. The van der Waals surface area contributed by atoms with Crippen molar-refractivity contribution in [2.45, 2.75) is 16.5 Å². The molecule has 20 heavy (non-hydrogen) atoms. The van der Waals surface area contributed by atoms with Crippen LogP contribution < -0.4 is 5.32 Å². The molecular weight excluding hydrogens is 294 g/mol. The summed E-state index contributed by atoms with van der Waals surface area (Å²) in [6.07, 6.45) is 5.07. The van der Waals surface area contributed by atoms with Gasteiger partial charge in [-0.15, -0.1) is 0 Å². The fourth-order valence-electron chi connectivity index (χ4n) is 1.59. The lowest BCUT2D eigenvalue weighted by atomic mass is 10.2. The van der Waals surface area contributed by atoms with Crippen LogP contribution >= 0.6 is 23.4 Å². The van der Waals surface area contributed by atoms with Crippen molar-refractivity contribution < 1.29 is 4.74 Å². The van der Waals surface area contributed by atoms with Gasteiger partial charge in [0.25, 0.3) is 0 Å². The third kappa shape index (κ3) is 4.76. The zero-order valence-corrected chi connectivity index (χ0v) is 12.7. The third-order valence-electron chi connectivity index (χ3n) is 2.58. The van der Waals surface area contributed by atoms with E-state index in [0.29, 0.717) is 6.61 Å². The van der Waals surface area contributed by atoms with E-state index in [-0.39, 0.29) is 0 Å². The van der Waals surface area contributed by atoms with Gasteiger partial charge in [0.05, 0.1) is 12.8 Å². The molecule has 0 bridgehead atoms. The monoisotopic (exact) mass is 309 g/mol. The van der Waals surface area contributed by atoms with Gasteiger partial charge in [-0.05, 0) is 17.7 Å². The highest BCUT2D eigenvalue weighted by atomic mass is 35.5. The summed E-state index contributed by atoms with van der Waals surface area (Å²) in [5.74, 6) is 0. The van der Waals surface area contributed by atoms with Gasteiger partial charge in [-0.1, -0.05) is 29.4 Å². The fraction of sp³-hybridized carbons (Fsp3) is 0.286. The molecule has 106 valence electrons. The van der Waals surface area contributed by atoms with Crippen molar-refractivity contribution in [1.82, 2.24) is 15.3 Å². The van der Waals surface area contributed by atoms with E-state index < -0.39 is 0 Å². The van der Waals surface area contributed by atoms with Crippen LogP contribution in [0.1, 0.15) is 5.56 Å². The Morgan fingerprint density at radius 1 is 1.35 bits per heavy atom. The van der Waals surface area contributed by atoms with E-state index in [9.17, 15) is 0 Å². The standard InChI is InChI=1S/C14H16ClN3OS/c1-19-7-6-17-9-11-2-3-12(8-13(11)15)20-14-10-16-4-5-18-14/h2-5,8,10,17H,6-7,9H2,1H3. The quantitative estimate of drug-likeness (QED) is 0.797. The first-order valence-electron chi connectivity index (χ1n) is 6.21. The third-order valence-corrected chi connectivity index (χ3v) is 3.85. The Labute approximate surface area is 127 Å². The Balaban J connectivity index is 1.95. The molecule has 0 fully saturated rings. The van der Waals surface area contributed by atoms with Crippen molar-refractivity contribution in [3.63, 3.8) is 0 Å². The van der Waals surface area contributed by atoms with Crippen LogP contribution in [-0.4, -0.2) is 30.2 Å². The number of nitrogens with zero attached hydrogens (tertiary/aromatic N) is 2. The minimum absolute atomic E-state index is 0.693. The zero-order chi connectivity index (χ0) is 14.2. The molecule has 0 saturated carbocycles. The lowest BCUT2D eigenvalue weighted by Gasteiger charge is -2.08. The Kier molecular flexibility index (Phi) is 6.26. The number of aromatic nitrogens is 2. The van der Waals surface area contributed by atoms with Crippen LogP contribution in [0.5, 0.6) is 0 Å². The second kappa shape index (κ2) is 8.21. The maximum Gasteiger partial charge on any atom is 0.119 e. The summed E-state index contributed by atoms with van der Waals surface area (Å²) >= 11 is 7.83. The number of methoxy groups -OCH3 is 1. The molecular formula is C14H16ClN3OS. The Morgan fingerprint density at radius 2 is 2.25 bits per heavy atom.